The summed E-state index contributed by atoms with van der Waals surface area (Å²) in [6, 6.07) is -1.13. The third kappa shape index (κ3) is 9.79. The van der Waals surface area contributed by atoms with Gasteiger partial charge in [-0.1, -0.05) is 6.08 Å². The van der Waals surface area contributed by atoms with Crippen molar-refractivity contribution in [3.05, 3.63) is 12.2 Å². The summed E-state index contributed by atoms with van der Waals surface area (Å²) in [4.78, 5) is 34.6. The molecule has 0 heterocycles. The van der Waals surface area contributed by atoms with E-state index < -0.39 is 23.7 Å². The van der Waals surface area contributed by atoms with Crippen LogP contribution >= 0.6 is 0 Å². The lowest BCUT2D eigenvalue weighted by atomic mass is 10.2. The molecule has 0 aromatic heterocycles. The van der Waals surface area contributed by atoms with Crippen LogP contribution < -0.4 is 10.6 Å². The molecule has 0 saturated heterocycles. The summed E-state index contributed by atoms with van der Waals surface area (Å²) in [5, 5.41) is 5.08. The van der Waals surface area contributed by atoms with Gasteiger partial charge in [0.1, 0.15) is 11.6 Å². The summed E-state index contributed by atoms with van der Waals surface area (Å²) in [6.45, 7) is 10.5. The van der Waals surface area contributed by atoms with Crippen molar-refractivity contribution < 1.29 is 23.9 Å². The molecule has 2 N–H and O–H groups in total. The number of hydrogen-bond donors (Lipinski definition) is 2. The van der Waals surface area contributed by atoms with Crippen LogP contribution in [0.2, 0.25) is 0 Å². The van der Waals surface area contributed by atoms with Crippen LogP contribution in [0, 0.1) is 0 Å². The number of rotatable bonds is 6. The van der Waals surface area contributed by atoms with E-state index in [0.29, 0.717) is 6.61 Å². The maximum absolute atomic E-state index is 11.9. The minimum atomic E-state index is -0.756. The van der Waals surface area contributed by atoms with E-state index >= 15 is 0 Å². The van der Waals surface area contributed by atoms with E-state index in [9.17, 15) is 14.4 Å². The van der Waals surface area contributed by atoms with E-state index in [1.807, 2.05) is 0 Å². The normalized spacial score (nSPS) is 14.1. The predicted molar refractivity (Wildman–Crippen MR) is 82.2 cm³/mol. The number of esters is 1. The van der Waals surface area contributed by atoms with Crippen molar-refractivity contribution >= 4 is 18.0 Å². The number of hydrogen-bond acceptors (Lipinski definition) is 5. The van der Waals surface area contributed by atoms with Crippen molar-refractivity contribution in [2.45, 2.75) is 59.2 Å². The summed E-state index contributed by atoms with van der Waals surface area (Å²) in [6.07, 6.45) is 2.10. The predicted octanol–water partition coefficient (Wildman–Crippen LogP) is 1.52. The summed E-state index contributed by atoms with van der Waals surface area (Å²) in [5.41, 5.74) is -0.629. The standard InChI is InChI=1S/C15H26N2O5/c1-7-21-12(18)9-8-10(2)16-13(19)11(3)17-14(20)22-15(4,5)6/h8-11H,7H2,1-6H3,(H,16,19)(H,17,20)/b9-8+/t10-,11-/m0/s1. The van der Waals surface area contributed by atoms with E-state index in [2.05, 4.69) is 10.6 Å². The summed E-state index contributed by atoms with van der Waals surface area (Å²) in [5.74, 6) is -0.851. The minimum absolute atomic E-state index is 0.292. The highest BCUT2D eigenvalue weighted by Gasteiger charge is 2.21. The molecule has 0 fully saturated rings. The SMILES string of the molecule is CCOC(=O)/C=C/[C@H](C)NC(=O)[C@H](C)NC(=O)OC(C)(C)C. The molecule has 2 atom stereocenters. The average Bonchev–Trinajstić information content (AvgIpc) is 2.34. The first kappa shape index (κ1) is 19.9. The number of carbonyl (C=O) groups excluding carboxylic acids is 3. The van der Waals surface area contributed by atoms with E-state index in [4.69, 9.17) is 9.47 Å². The van der Waals surface area contributed by atoms with Crippen molar-refractivity contribution in [1.29, 1.82) is 0 Å². The molecule has 7 nitrogen and oxygen atoms in total. The molecular weight excluding hydrogens is 288 g/mol. The number of amides is 2. The highest BCUT2D eigenvalue weighted by atomic mass is 16.6. The monoisotopic (exact) mass is 314 g/mol. The zero-order valence-electron chi connectivity index (χ0n) is 14.1. The largest absolute Gasteiger partial charge is 0.463 e. The quantitative estimate of drug-likeness (QED) is 0.573. The van der Waals surface area contributed by atoms with E-state index in [1.54, 1.807) is 41.5 Å². The lowest BCUT2D eigenvalue weighted by molar-refractivity contribution is -0.137. The maximum atomic E-state index is 11.9. The topological polar surface area (TPSA) is 93.7 Å². The fraction of sp³-hybridized carbons (Fsp3) is 0.667. The third-order valence-electron chi connectivity index (χ3n) is 2.30. The Morgan fingerprint density at radius 1 is 1.14 bits per heavy atom. The van der Waals surface area contributed by atoms with Crippen LogP contribution in [-0.2, 0) is 19.1 Å². The van der Waals surface area contributed by atoms with Crippen LogP contribution in [0.4, 0.5) is 4.79 Å². The molecule has 0 aliphatic rings. The van der Waals surface area contributed by atoms with Crippen LogP contribution in [0.1, 0.15) is 41.5 Å². The van der Waals surface area contributed by atoms with Gasteiger partial charge in [-0.2, -0.15) is 0 Å². The lowest BCUT2D eigenvalue weighted by Gasteiger charge is -2.22. The van der Waals surface area contributed by atoms with Crippen LogP contribution in [0.15, 0.2) is 12.2 Å². The van der Waals surface area contributed by atoms with Gasteiger partial charge < -0.3 is 20.1 Å². The Hall–Kier alpha value is -2.05. The van der Waals surface area contributed by atoms with Crippen molar-refractivity contribution in [3.63, 3.8) is 0 Å². The van der Waals surface area contributed by atoms with E-state index in [0.717, 1.165) is 0 Å². The molecule has 0 unspecified atom stereocenters. The first-order valence-corrected chi connectivity index (χ1v) is 7.20. The molecule has 7 heteroatoms. The van der Waals surface area contributed by atoms with Crippen molar-refractivity contribution in [2.24, 2.45) is 0 Å². The summed E-state index contributed by atoms with van der Waals surface area (Å²) >= 11 is 0. The second-order valence-electron chi connectivity index (χ2n) is 5.78. The third-order valence-corrected chi connectivity index (χ3v) is 2.30. The van der Waals surface area contributed by atoms with Crippen molar-refractivity contribution in [1.82, 2.24) is 10.6 Å². The van der Waals surface area contributed by atoms with Gasteiger partial charge in [0.15, 0.2) is 0 Å². The maximum Gasteiger partial charge on any atom is 0.408 e. The van der Waals surface area contributed by atoms with Crippen molar-refractivity contribution in [2.75, 3.05) is 6.61 Å². The first-order chi connectivity index (χ1) is 10.0. The zero-order valence-corrected chi connectivity index (χ0v) is 14.1. The van der Waals surface area contributed by atoms with Gasteiger partial charge in [-0.05, 0) is 41.5 Å². The Kier molecular flexibility index (Phi) is 8.22. The second-order valence-corrected chi connectivity index (χ2v) is 5.78. The number of ether oxygens (including phenoxy) is 2. The molecule has 0 aliphatic carbocycles. The molecule has 0 rings (SSSR count). The van der Waals surface area contributed by atoms with Crippen LogP contribution in [-0.4, -0.2) is 42.3 Å². The van der Waals surface area contributed by atoms with Crippen LogP contribution in [0.5, 0.6) is 0 Å². The molecule has 0 aromatic carbocycles. The fourth-order valence-electron chi connectivity index (χ4n) is 1.36. The Labute approximate surface area is 131 Å². The molecule has 0 aromatic rings. The van der Waals surface area contributed by atoms with Crippen LogP contribution in [0.25, 0.3) is 0 Å². The van der Waals surface area contributed by atoms with Gasteiger partial charge in [-0.3, -0.25) is 4.79 Å². The van der Waals surface area contributed by atoms with Gasteiger partial charge in [-0.15, -0.1) is 0 Å². The Morgan fingerprint density at radius 2 is 1.73 bits per heavy atom. The lowest BCUT2D eigenvalue weighted by Crippen LogP contribution is -2.48. The molecule has 0 aliphatic heterocycles. The summed E-state index contributed by atoms with van der Waals surface area (Å²) < 4.78 is 9.80. The fourth-order valence-corrected chi connectivity index (χ4v) is 1.36. The van der Waals surface area contributed by atoms with Gasteiger partial charge in [0, 0.05) is 12.1 Å². The molecule has 2 amide bonds. The van der Waals surface area contributed by atoms with Crippen LogP contribution in [0.3, 0.4) is 0 Å². The van der Waals surface area contributed by atoms with Crippen molar-refractivity contribution in [3.8, 4) is 0 Å². The van der Waals surface area contributed by atoms with E-state index in [1.165, 1.54) is 12.2 Å². The average molecular weight is 314 g/mol. The van der Waals surface area contributed by atoms with Gasteiger partial charge in [0.2, 0.25) is 5.91 Å². The number of nitrogens with one attached hydrogen (secondary N) is 2. The highest BCUT2D eigenvalue weighted by molar-refractivity contribution is 5.86. The van der Waals surface area contributed by atoms with Gasteiger partial charge in [0.25, 0.3) is 0 Å². The molecule has 0 spiro atoms. The molecule has 126 valence electrons. The smallest absolute Gasteiger partial charge is 0.408 e. The Morgan fingerprint density at radius 3 is 2.23 bits per heavy atom. The molecule has 0 saturated carbocycles. The minimum Gasteiger partial charge on any atom is -0.463 e. The molecule has 0 bridgehead atoms. The zero-order chi connectivity index (χ0) is 17.3. The molecular formula is C15H26N2O5. The second kappa shape index (κ2) is 9.07. The van der Waals surface area contributed by atoms with E-state index in [-0.39, 0.29) is 11.9 Å². The number of carbonyl (C=O) groups is 3. The number of alkyl carbamates (subject to hydrolysis) is 1. The van der Waals surface area contributed by atoms with Gasteiger partial charge in [-0.25, -0.2) is 9.59 Å². The van der Waals surface area contributed by atoms with Gasteiger partial charge >= 0.3 is 12.1 Å². The first-order valence-electron chi connectivity index (χ1n) is 7.20. The Balaban J connectivity index is 4.30. The Bertz CT molecular complexity index is 426. The van der Waals surface area contributed by atoms with Gasteiger partial charge in [0.05, 0.1) is 6.61 Å². The molecule has 0 radical (unpaired) electrons. The molecule has 22 heavy (non-hydrogen) atoms. The summed E-state index contributed by atoms with van der Waals surface area (Å²) in [7, 11) is 0. The highest BCUT2D eigenvalue weighted by Crippen LogP contribution is 2.06.